The molecule has 10 heavy (non-hydrogen) atoms. The van der Waals surface area contributed by atoms with Crippen LogP contribution in [0.3, 0.4) is 0 Å². The Morgan fingerprint density at radius 3 is 3.20 bits per heavy atom. The first kappa shape index (κ1) is 7.49. The van der Waals surface area contributed by atoms with E-state index in [0.717, 1.165) is 11.8 Å². The van der Waals surface area contributed by atoms with Crippen molar-refractivity contribution in [2.75, 3.05) is 7.05 Å². The molecule has 0 aliphatic carbocycles. The number of carbonyl (C=O) groups excluding carboxylic acids is 1. The van der Waals surface area contributed by atoms with E-state index >= 15 is 0 Å². The number of amides is 1. The van der Waals surface area contributed by atoms with Gasteiger partial charge in [0.15, 0.2) is 4.34 Å². The van der Waals surface area contributed by atoms with Crippen molar-refractivity contribution < 1.29 is 4.79 Å². The molecule has 1 amide bonds. The third-order valence-corrected chi connectivity index (χ3v) is 2.39. The van der Waals surface area contributed by atoms with Crippen LogP contribution in [0, 0.1) is 0 Å². The lowest BCUT2D eigenvalue weighted by atomic mass is 11.2. The van der Waals surface area contributed by atoms with E-state index in [4.69, 9.17) is 0 Å². The van der Waals surface area contributed by atoms with Crippen molar-refractivity contribution in [3.63, 3.8) is 0 Å². The van der Waals surface area contributed by atoms with Gasteiger partial charge in [0.25, 0.3) is 5.24 Å². The number of hydrogen-bond donors (Lipinski definition) is 1. The molecule has 0 atom stereocenters. The predicted octanol–water partition coefficient (Wildman–Crippen LogP) is 0.970. The lowest BCUT2D eigenvalue weighted by Crippen LogP contribution is -2.10. The van der Waals surface area contributed by atoms with Gasteiger partial charge < -0.3 is 5.32 Å². The lowest BCUT2D eigenvalue weighted by molar-refractivity contribution is 0.262. The van der Waals surface area contributed by atoms with Crippen LogP contribution in [-0.2, 0) is 0 Å². The summed E-state index contributed by atoms with van der Waals surface area (Å²) in [6, 6.07) is 0. The van der Waals surface area contributed by atoms with E-state index in [2.05, 4.69) is 15.5 Å². The van der Waals surface area contributed by atoms with Gasteiger partial charge >= 0.3 is 0 Å². The zero-order valence-electron chi connectivity index (χ0n) is 5.20. The van der Waals surface area contributed by atoms with E-state index in [0.29, 0.717) is 4.34 Å². The molecule has 0 saturated carbocycles. The molecule has 1 heterocycles. The Balaban J connectivity index is 2.48. The minimum absolute atomic E-state index is 0.114. The molecule has 0 unspecified atom stereocenters. The van der Waals surface area contributed by atoms with Gasteiger partial charge in [-0.05, 0) is 0 Å². The van der Waals surface area contributed by atoms with E-state index < -0.39 is 0 Å². The summed E-state index contributed by atoms with van der Waals surface area (Å²) in [4.78, 5) is 10.7. The van der Waals surface area contributed by atoms with Gasteiger partial charge in [-0.25, -0.2) is 0 Å². The van der Waals surface area contributed by atoms with Crippen molar-refractivity contribution in [1.29, 1.82) is 0 Å². The number of hydrogen-bond acceptors (Lipinski definition) is 5. The fourth-order valence-corrected chi connectivity index (χ4v) is 1.51. The largest absolute Gasteiger partial charge is 0.350 e. The van der Waals surface area contributed by atoms with E-state index in [1.54, 1.807) is 12.6 Å². The Hall–Kier alpha value is -0.620. The zero-order valence-corrected chi connectivity index (χ0v) is 6.83. The summed E-state index contributed by atoms with van der Waals surface area (Å²) in [5, 5.41) is 9.60. The summed E-state index contributed by atoms with van der Waals surface area (Å²) in [6.07, 6.45) is 0. The summed E-state index contributed by atoms with van der Waals surface area (Å²) in [5.74, 6) is 0. The van der Waals surface area contributed by atoms with Crippen molar-refractivity contribution in [1.82, 2.24) is 15.5 Å². The second-order valence-corrected chi connectivity index (χ2v) is 3.40. The molecular formula is C4H5N3OS2. The van der Waals surface area contributed by atoms with Crippen LogP contribution in [0.25, 0.3) is 0 Å². The molecule has 54 valence electrons. The van der Waals surface area contributed by atoms with Gasteiger partial charge in [0, 0.05) is 18.8 Å². The Labute approximate surface area is 66.0 Å². The van der Waals surface area contributed by atoms with Crippen LogP contribution in [0.15, 0.2) is 9.85 Å². The van der Waals surface area contributed by atoms with Crippen LogP contribution < -0.4 is 5.32 Å². The highest BCUT2D eigenvalue weighted by Crippen LogP contribution is 2.18. The number of aromatic nitrogens is 2. The molecule has 0 aliphatic rings. The van der Waals surface area contributed by atoms with Crippen LogP contribution in [-0.4, -0.2) is 22.5 Å². The normalized spacial score (nSPS) is 9.30. The topological polar surface area (TPSA) is 54.9 Å². The minimum atomic E-state index is -0.114. The highest BCUT2D eigenvalue weighted by atomic mass is 32.2. The lowest BCUT2D eigenvalue weighted by Gasteiger charge is -1.90. The molecule has 0 radical (unpaired) electrons. The number of nitrogens with zero attached hydrogens (tertiary/aromatic N) is 2. The monoisotopic (exact) mass is 175 g/mol. The maximum atomic E-state index is 10.7. The fourth-order valence-electron chi connectivity index (χ4n) is 0.338. The highest BCUT2D eigenvalue weighted by Gasteiger charge is 2.03. The fraction of sp³-hybridized carbons (Fsp3) is 0.250. The smallest absolute Gasteiger partial charge is 0.285 e. The van der Waals surface area contributed by atoms with E-state index in [1.165, 1.54) is 11.3 Å². The number of nitrogens with one attached hydrogen (secondary N) is 1. The quantitative estimate of drug-likeness (QED) is 0.646. The van der Waals surface area contributed by atoms with Gasteiger partial charge in [-0.2, -0.15) is 0 Å². The molecule has 1 aromatic rings. The Kier molecular flexibility index (Phi) is 2.64. The van der Waals surface area contributed by atoms with Crippen molar-refractivity contribution in [3.8, 4) is 0 Å². The van der Waals surface area contributed by atoms with Crippen molar-refractivity contribution in [3.05, 3.63) is 5.51 Å². The van der Waals surface area contributed by atoms with Crippen LogP contribution in [0.1, 0.15) is 0 Å². The molecule has 1 aromatic heterocycles. The first-order chi connectivity index (χ1) is 4.83. The Morgan fingerprint density at radius 1 is 1.90 bits per heavy atom. The average molecular weight is 175 g/mol. The molecule has 0 spiro atoms. The molecule has 0 aliphatic heterocycles. The van der Waals surface area contributed by atoms with Gasteiger partial charge in [-0.1, -0.05) is 11.3 Å². The molecule has 0 fully saturated rings. The van der Waals surface area contributed by atoms with E-state index in [-0.39, 0.29) is 5.24 Å². The third-order valence-electron chi connectivity index (χ3n) is 0.724. The molecule has 4 nitrogen and oxygen atoms in total. The second-order valence-electron chi connectivity index (χ2n) is 1.34. The van der Waals surface area contributed by atoms with E-state index in [1.807, 2.05) is 0 Å². The van der Waals surface area contributed by atoms with Crippen LogP contribution >= 0.6 is 23.1 Å². The molecule has 1 N–H and O–H groups in total. The zero-order chi connectivity index (χ0) is 7.40. The average Bonchev–Trinajstić information content (AvgIpc) is 2.40. The minimum Gasteiger partial charge on any atom is -0.350 e. The number of thioether (sulfide) groups is 1. The number of rotatable bonds is 1. The molecule has 6 heteroatoms. The first-order valence-electron chi connectivity index (χ1n) is 2.48. The van der Waals surface area contributed by atoms with Crippen LogP contribution in [0.4, 0.5) is 4.79 Å². The molecule has 0 saturated heterocycles. The maximum Gasteiger partial charge on any atom is 0.285 e. The molecule has 0 aromatic carbocycles. The van der Waals surface area contributed by atoms with Gasteiger partial charge in [-0.15, -0.1) is 10.2 Å². The van der Waals surface area contributed by atoms with Gasteiger partial charge in [0.1, 0.15) is 5.51 Å². The van der Waals surface area contributed by atoms with Gasteiger partial charge in [0.2, 0.25) is 0 Å². The van der Waals surface area contributed by atoms with Crippen molar-refractivity contribution in [2.24, 2.45) is 0 Å². The second kappa shape index (κ2) is 3.52. The summed E-state index contributed by atoms with van der Waals surface area (Å²) in [5.41, 5.74) is 1.59. The number of carbonyl (C=O) groups is 1. The van der Waals surface area contributed by atoms with Gasteiger partial charge in [-0.3, -0.25) is 4.79 Å². The van der Waals surface area contributed by atoms with E-state index in [9.17, 15) is 4.79 Å². The van der Waals surface area contributed by atoms with Crippen LogP contribution in [0.5, 0.6) is 0 Å². The third kappa shape index (κ3) is 1.96. The first-order valence-corrected chi connectivity index (χ1v) is 4.18. The Morgan fingerprint density at radius 2 is 2.70 bits per heavy atom. The SMILES string of the molecule is CNC(=O)Sc1nncs1. The van der Waals surface area contributed by atoms with Crippen molar-refractivity contribution >= 4 is 28.3 Å². The molecule has 0 bridgehead atoms. The molecule has 1 rings (SSSR count). The standard InChI is InChI=1S/C4H5N3OS2/c1-5-3(8)10-4-7-6-2-9-4/h2H,1H3,(H,5,8). The summed E-state index contributed by atoms with van der Waals surface area (Å²) in [6.45, 7) is 0. The van der Waals surface area contributed by atoms with Gasteiger partial charge in [0.05, 0.1) is 0 Å². The van der Waals surface area contributed by atoms with Crippen molar-refractivity contribution in [2.45, 2.75) is 4.34 Å². The predicted molar refractivity (Wildman–Crippen MR) is 40.2 cm³/mol. The summed E-state index contributed by atoms with van der Waals surface area (Å²) < 4.78 is 0.666. The maximum absolute atomic E-state index is 10.7. The van der Waals surface area contributed by atoms with Crippen LogP contribution in [0.2, 0.25) is 0 Å². The molecular weight excluding hydrogens is 170 g/mol. The summed E-state index contributed by atoms with van der Waals surface area (Å²) >= 11 is 2.39. The Bertz CT molecular complexity index is 210. The highest BCUT2D eigenvalue weighted by molar-refractivity contribution is 8.14. The summed E-state index contributed by atoms with van der Waals surface area (Å²) in [7, 11) is 1.58.